The van der Waals surface area contributed by atoms with Gasteiger partial charge in [-0.2, -0.15) is 12.6 Å². The molecule has 1 unspecified atom stereocenters. The van der Waals surface area contributed by atoms with Gasteiger partial charge in [-0.25, -0.2) is 4.98 Å². The summed E-state index contributed by atoms with van der Waals surface area (Å²) in [4.78, 5) is 16.5. The minimum Gasteiger partial charge on any atom is -0.298 e. The van der Waals surface area contributed by atoms with Gasteiger partial charge in [0.1, 0.15) is 0 Å². The molecule has 0 aliphatic heterocycles. The van der Waals surface area contributed by atoms with Crippen molar-refractivity contribution in [1.29, 1.82) is 0 Å². The standard InChI is InChI=1S/C13H16N2OS/c1-2-10(8-17)7-15-9-14-12-6-4-3-5-11(12)13(15)16/h3-6,9-10,17H,2,7-8H2,1H3. The first-order valence-corrected chi connectivity index (χ1v) is 6.44. The van der Waals surface area contributed by atoms with Crippen LogP contribution >= 0.6 is 12.6 Å². The summed E-state index contributed by atoms with van der Waals surface area (Å²) >= 11 is 4.30. The van der Waals surface area contributed by atoms with Gasteiger partial charge in [0.25, 0.3) is 5.56 Å². The van der Waals surface area contributed by atoms with Crippen LogP contribution in [-0.4, -0.2) is 15.3 Å². The van der Waals surface area contributed by atoms with E-state index >= 15 is 0 Å². The summed E-state index contributed by atoms with van der Waals surface area (Å²) in [6, 6.07) is 7.44. The van der Waals surface area contributed by atoms with Gasteiger partial charge in [0.05, 0.1) is 17.2 Å². The van der Waals surface area contributed by atoms with E-state index in [4.69, 9.17) is 0 Å². The van der Waals surface area contributed by atoms with Crippen molar-refractivity contribution in [3.63, 3.8) is 0 Å². The minimum atomic E-state index is 0.0378. The molecule has 90 valence electrons. The van der Waals surface area contributed by atoms with Crippen LogP contribution in [0.4, 0.5) is 0 Å². The van der Waals surface area contributed by atoms with Crippen molar-refractivity contribution in [2.24, 2.45) is 5.92 Å². The predicted octanol–water partition coefficient (Wildman–Crippen LogP) is 2.35. The van der Waals surface area contributed by atoms with Crippen molar-refractivity contribution in [1.82, 2.24) is 9.55 Å². The summed E-state index contributed by atoms with van der Waals surface area (Å²) in [5.74, 6) is 1.20. The number of hydrogen-bond donors (Lipinski definition) is 1. The molecule has 0 amide bonds. The van der Waals surface area contributed by atoms with Crippen molar-refractivity contribution in [2.75, 3.05) is 5.75 Å². The highest BCUT2D eigenvalue weighted by Crippen LogP contribution is 2.09. The van der Waals surface area contributed by atoms with Crippen LogP contribution < -0.4 is 5.56 Å². The maximum Gasteiger partial charge on any atom is 0.261 e. The fourth-order valence-electron chi connectivity index (χ4n) is 1.83. The van der Waals surface area contributed by atoms with Gasteiger partial charge < -0.3 is 0 Å². The molecule has 2 aromatic rings. The van der Waals surface area contributed by atoms with Crippen molar-refractivity contribution < 1.29 is 0 Å². The van der Waals surface area contributed by atoms with Crippen LogP contribution in [0, 0.1) is 5.92 Å². The van der Waals surface area contributed by atoms with Crippen LogP contribution in [0.3, 0.4) is 0 Å². The van der Waals surface area contributed by atoms with E-state index in [1.165, 1.54) is 0 Å². The predicted molar refractivity (Wildman–Crippen MR) is 73.6 cm³/mol. The second-order valence-electron chi connectivity index (χ2n) is 4.18. The molecule has 0 bridgehead atoms. The first kappa shape index (κ1) is 12.2. The highest BCUT2D eigenvalue weighted by molar-refractivity contribution is 7.80. The molecule has 2 rings (SSSR count). The Labute approximate surface area is 106 Å². The molecule has 0 saturated heterocycles. The fourth-order valence-corrected chi connectivity index (χ4v) is 2.20. The second kappa shape index (κ2) is 5.36. The van der Waals surface area contributed by atoms with Gasteiger partial charge in [-0.1, -0.05) is 25.5 Å². The molecular formula is C13H16N2OS. The van der Waals surface area contributed by atoms with E-state index < -0.39 is 0 Å². The Kier molecular flexibility index (Phi) is 3.84. The zero-order valence-corrected chi connectivity index (χ0v) is 10.7. The number of rotatable bonds is 4. The number of fused-ring (bicyclic) bond motifs is 1. The smallest absolute Gasteiger partial charge is 0.261 e. The molecular weight excluding hydrogens is 232 g/mol. The number of benzene rings is 1. The molecule has 1 atom stereocenters. The summed E-state index contributed by atoms with van der Waals surface area (Å²) in [7, 11) is 0. The van der Waals surface area contributed by atoms with Crippen LogP contribution in [0.2, 0.25) is 0 Å². The zero-order chi connectivity index (χ0) is 12.3. The van der Waals surface area contributed by atoms with E-state index in [1.54, 1.807) is 10.9 Å². The Balaban J connectivity index is 2.42. The molecule has 0 aliphatic carbocycles. The van der Waals surface area contributed by atoms with E-state index in [9.17, 15) is 4.79 Å². The Morgan fingerprint density at radius 3 is 2.88 bits per heavy atom. The Morgan fingerprint density at radius 2 is 2.18 bits per heavy atom. The number of aromatic nitrogens is 2. The summed E-state index contributed by atoms with van der Waals surface area (Å²) in [6.45, 7) is 2.80. The van der Waals surface area contributed by atoms with Crippen LogP contribution in [0.5, 0.6) is 0 Å². The van der Waals surface area contributed by atoms with E-state index in [0.717, 1.165) is 17.7 Å². The van der Waals surface area contributed by atoms with Gasteiger partial charge in [-0.15, -0.1) is 0 Å². The molecule has 4 heteroatoms. The van der Waals surface area contributed by atoms with Gasteiger partial charge in [-0.05, 0) is 23.8 Å². The topological polar surface area (TPSA) is 34.9 Å². The second-order valence-corrected chi connectivity index (χ2v) is 4.54. The lowest BCUT2D eigenvalue weighted by Crippen LogP contribution is -2.24. The van der Waals surface area contributed by atoms with Crippen LogP contribution in [0.15, 0.2) is 35.4 Å². The van der Waals surface area contributed by atoms with Crippen molar-refractivity contribution >= 4 is 23.5 Å². The largest absolute Gasteiger partial charge is 0.298 e. The molecule has 0 fully saturated rings. The van der Waals surface area contributed by atoms with E-state index in [1.807, 2.05) is 24.3 Å². The van der Waals surface area contributed by atoms with Crippen LogP contribution in [-0.2, 0) is 6.54 Å². The maximum absolute atomic E-state index is 12.2. The number of hydrogen-bond acceptors (Lipinski definition) is 3. The number of nitrogens with zero attached hydrogens (tertiary/aromatic N) is 2. The summed E-state index contributed by atoms with van der Waals surface area (Å²) in [5, 5.41) is 0.684. The maximum atomic E-state index is 12.2. The van der Waals surface area contributed by atoms with Gasteiger partial charge in [0.2, 0.25) is 0 Å². The van der Waals surface area contributed by atoms with E-state index in [2.05, 4.69) is 24.5 Å². The fraction of sp³-hybridized carbons (Fsp3) is 0.385. The molecule has 1 aromatic carbocycles. The van der Waals surface area contributed by atoms with E-state index in [-0.39, 0.29) is 5.56 Å². The molecule has 3 nitrogen and oxygen atoms in total. The molecule has 0 radical (unpaired) electrons. The third kappa shape index (κ3) is 2.52. The molecule has 0 N–H and O–H groups in total. The van der Waals surface area contributed by atoms with Gasteiger partial charge >= 0.3 is 0 Å². The summed E-state index contributed by atoms with van der Waals surface area (Å²) in [6.07, 6.45) is 2.65. The SMILES string of the molecule is CCC(CS)Cn1cnc2ccccc2c1=O. The highest BCUT2D eigenvalue weighted by atomic mass is 32.1. The van der Waals surface area contributed by atoms with Gasteiger partial charge in [-0.3, -0.25) is 9.36 Å². The Bertz CT molecular complexity index is 561. The zero-order valence-electron chi connectivity index (χ0n) is 9.84. The molecule has 0 saturated carbocycles. The third-order valence-electron chi connectivity index (χ3n) is 3.02. The monoisotopic (exact) mass is 248 g/mol. The average molecular weight is 248 g/mol. The molecule has 0 spiro atoms. The van der Waals surface area contributed by atoms with Gasteiger partial charge in [0, 0.05) is 6.54 Å². The number of para-hydroxylation sites is 1. The lowest BCUT2D eigenvalue weighted by molar-refractivity contribution is 0.466. The molecule has 0 aliphatic rings. The van der Waals surface area contributed by atoms with Crippen LogP contribution in [0.1, 0.15) is 13.3 Å². The van der Waals surface area contributed by atoms with Crippen LogP contribution in [0.25, 0.3) is 10.9 Å². The average Bonchev–Trinajstić information content (AvgIpc) is 2.38. The van der Waals surface area contributed by atoms with Crippen molar-refractivity contribution in [3.8, 4) is 0 Å². The number of thiol groups is 1. The van der Waals surface area contributed by atoms with Gasteiger partial charge in [0.15, 0.2) is 0 Å². The first-order chi connectivity index (χ1) is 8.26. The lowest BCUT2D eigenvalue weighted by atomic mass is 10.1. The Morgan fingerprint density at radius 1 is 1.41 bits per heavy atom. The molecule has 1 aromatic heterocycles. The normalized spacial score (nSPS) is 12.8. The quantitative estimate of drug-likeness (QED) is 0.843. The Hall–Kier alpha value is -1.29. The summed E-state index contributed by atoms with van der Waals surface area (Å²) in [5.41, 5.74) is 0.795. The molecule has 17 heavy (non-hydrogen) atoms. The summed E-state index contributed by atoms with van der Waals surface area (Å²) < 4.78 is 1.69. The first-order valence-electron chi connectivity index (χ1n) is 5.81. The minimum absolute atomic E-state index is 0.0378. The third-order valence-corrected chi connectivity index (χ3v) is 3.54. The lowest BCUT2D eigenvalue weighted by Gasteiger charge is -2.13. The van der Waals surface area contributed by atoms with Crippen molar-refractivity contribution in [2.45, 2.75) is 19.9 Å². The van der Waals surface area contributed by atoms with E-state index in [0.29, 0.717) is 17.8 Å². The molecule has 1 heterocycles. The van der Waals surface area contributed by atoms with Crippen molar-refractivity contribution in [3.05, 3.63) is 40.9 Å². The highest BCUT2D eigenvalue weighted by Gasteiger charge is 2.08.